The molecule has 3 rings (SSSR count). The lowest BCUT2D eigenvalue weighted by Crippen LogP contribution is -2.53. The third kappa shape index (κ3) is 4.38. The fourth-order valence-corrected chi connectivity index (χ4v) is 3.47. The Morgan fingerprint density at radius 2 is 1.59 bits per heavy atom. The van der Waals surface area contributed by atoms with E-state index in [-0.39, 0.29) is 29.3 Å². The molecule has 0 radical (unpaired) electrons. The minimum Gasteiger partial charge on any atom is -0.345 e. The predicted molar refractivity (Wildman–Crippen MR) is 108 cm³/mol. The number of hydrogen-bond acceptors (Lipinski definition) is 2. The summed E-state index contributed by atoms with van der Waals surface area (Å²) in [5.74, 6) is -0.383. The molecule has 0 aromatic heterocycles. The Morgan fingerprint density at radius 1 is 0.963 bits per heavy atom. The second-order valence-electron chi connectivity index (χ2n) is 8.36. The summed E-state index contributed by atoms with van der Waals surface area (Å²) in [6.45, 7) is 6.38. The molecule has 1 saturated carbocycles. The number of benzene rings is 2. The van der Waals surface area contributed by atoms with Gasteiger partial charge in [-0.15, -0.1) is 0 Å². The van der Waals surface area contributed by atoms with Crippen molar-refractivity contribution >= 4 is 11.8 Å². The first-order valence-electron chi connectivity index (χ1n) is 9.55. The molecule has 0 atom stereocenters. The Kier molecular flexibility index (Phi) is 5.36. The van der Waals surface area contributed by atoms with Crippen molar-refractivity contribution in [1.29, 1.82) is 0 Å². The number of amides is 2. The number of rotatable bonds is 5. The van der Waals surface area contributed by atoms with Gasteiger partial charge in [-0.05, 0) is 47.9 Å². The summed E-state index contributed by atoms with van der Waals surface area (Å²) >= 11 is 0. The SMILES string of the molecule is CC(C)(C)c1ccc(C(=O)NCC(=O)NC2(c3ccccc3)CCC2)cc1. The van der Waals surface area contributed by atoms with Gasteiger partial charge in [0.05, 0.1) is 12.1 Å². The highest BCUT2D eigenvalue weighted by atomic mass is 16.2. The van der Waals surface area contributed by atoms with Crippen LogP contribution in [-0.4, -0.2) is 18.4 Å². The summed E-state index contributed by atoms with van der Waals surface area (Å²) in [5.41, 5.74) is 2.64. The Balaban J connectivity index is 1.57. The zero-order chi connectivity index (χ0) is 19.5. The van der Waals surface area contributed by atoms with Gasteiger partial charge in [-0.1, -0.05) is 63.2 Å². The van der Waals surface area contributed by atoms with Gasteiger partial charge in [0.2, 0.25) is 5.91 Å². The molecule has 1 aliphatic carbocycles. The number of carbonyl (C=O) groups is 2. The van der Waals surface area contributed by atoms with E-state index in [0.717, 1.165) is 24.8 Å². The summed E-state index contributed by atoms with van der Waals surface area (Å²) in [6, 6.07) is 17.6. The van der Waals surface area contributed by atoms with Gasteiger partial charge in [0, 0.05) is 5.56 Å². The minimum absolute atomic E-state index is 0.0194. The van der Waals surface area contributed by atoms with Crippen LogP contribution >= 0.6 is 0 Å². The fourth-order valence-electron chi connectivity index (χ4n) is 3.47. The molecule has 4 heteroatoms. The summed E-state index contributed by atoms with van der Waals surface area (Å²) in [5, 5.41) is 5.86. The molecule has 0 heterocycles. The molecular weight excluding hydrogens is 336 g/mol. The largest absolute Gasteiger partial charge is 0.345 e. The molecule has 142 valence electrons. The molecule has 2 N–H and O–H groups in total. The van der Waals surface area contributed by atoms with Gasteiger partial charge in [0.1, 0.15) is 0 Å². The van der Waals surface area contributed by atoms with Crippen LogP contribution in [0.2, 0.25) is 0 Å². The standard InChI is InChI=1S/C23H28N2O2/c1-22(2,3)18-12-10-17(11-13-18)21(27)24-16-20(26)25-23(14-7-15-23)19-8-5-4-6-9-19/h4-6,8-13H,7,14-16H2,1-3H3,(H,24,27)(H,25,26). The normalized spacial score (nSPS) is 15.5. The molecule has 2 amide bonds. The van der Waals surface area contributed by atoms with Crippen LogP contribution in [0.15, 0.2) is 54.6 Å². The zero-order valence-corrected chi connectivity index (χ0v) is 16.3. The second-order valence-corrected chi connectivity index (χ2v) is 8.36. The average molecular weight is 364 g/mol. The molecule has 0 saturated heterocycles. The highest BCUT2D eigenvalue weighted by Gasteiger charge is 2.39. The van der Waals surface area contributed by atoms with Crippen LogP contribution in [-0.2, 0) is 15.7 Å². The minimum atomic E-state index is -0.280. The van der Waals surface area contributed by atoms with Gasteiger partial charge in [-0.2, -0.15) is 0 Å². The van der Waals surface area contributed by atoms with E-state index in [1.54, 1.807) is 0 Å². The van der Waals surface area contributed by atoms with Crippen LogP contribution in [0, 0.1) is 0 Å². The van der Waals surface area contributed by atoms with E-state index >= 15 is 0 Å². The van der Waals surface area contributed by atoms with E-state index in [1.165, 1.54) is 5.56 Å². The van der Waals surface area contributed by atoms with Crippen LogP contribution in [0.5, 0.6) is 0 Å². The van der Waals surface area contributed by atoms with Gasteiger partial charge >= 0.3 is 0 Å². The molecule has 0 aliphatic heterocycles. The van der Waals surface area contributed by atoms with Crippen molar-refractivity contribution < 1.29 is 9.59 Å². The summed E-state index contributed by atoms with van der Waals surface area (Å²) in [6.07, 6.45) is 2.97. The van der Waals surface area contributed by atoms with Crippen molar-refractivity contribution in [3.05, 3.63) is 71.3 Å². The molecule has 4 nitrogen and oxygen atoms in total. The molecule has 0 bridgehead atoms. The van der Waals surface area contributed by atoms with Crippen molar-refractivity contribution in [1.82, 2.24) is 10.6 Å². The Bertz CT molecular complexity index is 801. The fraction of sp³-hybridized carbons (Fsp3) is 0.391. The average Bonchev–Trinajstić information content (AvgIpc) is 2.63. The quantitative estimate of drug-likeness (QED) is 0.845. The second kappa shape index (κ2) is 7.55. The zero-order valence-electron chi connectivity index (χ0n) is 16.3. The van der Waals surface area contributed by atoms with Crippen molar-refractivity contribution in [3.63, 3.8) is 0 Å². The highest BCUT2D eigenvalue weighted by Crippen LogP contribution is 2.41. The molecule has 0 unspecified atom stereocenters. The predicted octanol–water partition coefficient (Wildman–Crippen LogP) is 3.91. The highest BCUT2D eigenvalue weighted by molar-refractivity contribution is 5.96. The van der Waals surface area contributed by atoms with Gasteiger partial charge < -0.3 is 10.6 Å². The maximum Gasteiger partial charge on any atom is 0.251 e. The van der Waals surface area contributed by atoms with Crippen LogP contribution < -0.4 is 10.6 Å². The maximum absolute atomic E-state index is 12.4. The van der Waals surface area contributed by atoms with Gasteiger partial charge in [0.25, 0.3) is 5.91 Å². The first kappa shape index (κ1) is 19.2. The molecule has 1 fully saturated rings. The van der Waals surface area contributed by atoms with E-state index in [1.807, 2.05) is 42.5 Å². The van der Waals surface area contributed by atoms with Crippen LogP contribution in [0.25, 0.3) is 0 Å². The number of hydrogen-bond donors (Lipinski definition) is 2. The molecule has 1 aliphatic rings. The monoisotopic (exact) mass is 364 g/mol. The van der Waals surface area contributed by atoms with Crippen molar-refractivity contribution in [2.24, 2.45) is 0 Å². The first-order chi connectivity index (χ1) is 12.8. The maximum atomic E-state index is 12.4. The lowest BCUT2D eigenvalue weighted by Gasteiger charge is -2.43. The molecule has 27 heavy (non-hydrogen) atoms. The Labute approximate surface area is 161 Å². The third-order valence-corrected chi connectivity index (χ3v) is 5.33. The summed E-state index contributed by atoms with van der Waals surface area (Å²) in [4.78, 5) is 24.8. The molecular formula is C23H28N2O2. The van der Waals surface area contributed by atoms with E-state index in [4.69, 9.17) is 0 Å². The first-order valence-corrected chi connectivity index (χ1v) is 9.55. The van der Waals surface area contributed by atoms with E-state index in [2.05, 4.69) is 43.5 Å². The number of carbonyl (C=O) groups excluding carboxylic acids is 2. The van der Waals surface area contributed by atoms with E-state index in [0.29, 0.717) is 5.56 Å². The van der Waals surface area contributed by atoms with Crippen molar-refractivity contribution in [3.8, 4) is 0 Å². The Morgan fingerprint density at radius 3 is 2.11 bits per heavy atom. The summed E-state index contributed by atoms with van der Waals surface area (Å²) < 4.78 is 0. The van der Waals surface area contributed by atoms with Crippen LogP contribution in [0.1, 0.15) is 61.5 Å². The Hall–Kier alpha value is -2.62. The summed E-state index contributed by atoms with van der Waals surface area (Å²) in [7, 11) is 0. The van der Waals surface area contributed by atoms with Crippen molar-refractivity contribution in [2.75, 3.05) is 6.54 Å². The van der Waals surface area contributed by atoms with Crippen molar-refractivity contribution in [2.45, 2.75) is 51.0 Å². The topological polar surface area (TPSA) is 58.2 Å². The van der Waals surface area contributed by atoms with Crippen LogP contribution in [0.4, 0.5) is 0 Å². The van der Waals surface area contributed by atoms with Gasteiger partial charge in [-0.3, -0.25) is 9.59 Å². The van der Waals surface area contributed by atoms with E-state index in [9.17, 15) is 9.59 Å². The third-order valence-electron chi connectivity index (χ3n) is 5.33. The molecule has 2 aromatic rings. The molecule has 0 spiro atoms. The molecule has 2 aromatic carbocycles. The smallest absolute Gasteiger partial charge is 0.251 e. The lowest BCUT2D eigenvalue weighted by atomic mass is 9.72. The lowest BCUT2D eigenvalue weighted by molar-refractivity contribution is -0.123. The van der Waals surface area contributed by atoms with E-state index < -0.39 is 0 Å². The van der Waals surface area contributed by atoms with Crippen LogP contribution in [0.3, 0.4) is 0 Å². The number of nitrogens with one attached hydrogen (secondary N) is 2. The van der Waals surface area contributed by atoms with Gasteiger partial charge in [0.15, 0.2) is 0 Å². The van der Waals surface area contributed by atoms with Gasteiger partial charge in [-0.25, -0.2) is 0 Å².